The molecule has 0 atom stereocenters. The van der Waals surface area contributed by atoms with Gasteiger partial charge in [-0.15, -0.1) is 0 Å². The molecule has 0 aliphatic heterocycles. The molecular formula is C18H19N3O5. The van der Waals surface area contributed by atoms with Crippen molar-refractivity contribution in [3.63, 3.8) is 0 Å². The van der Waals surface area contributed by atoms with Crippen LogP contribution in [0.5, 0.6) is 11.5 Å². The minimum absolute atomic E-state index is 0.155. The Morgan fingerprint density at radius 1 is 1.27 bits per heavy atom. The molecular weight excluding hydrogens is 338 g/mol. The SMILES string of the molecule is COc1ccc(/C(C)=N/NC(=O)COc2cccc(C)c2)cc1[N+](=O)[O-]. The molecule has 2 aromatic rings. The predicted octanol–water partition coefficient (Wildman–Crippen LogP) is 2.83. The maximum atomic E-state index is 11.8. The molecule has 0 unspecified atom stereocenters. The van der Waals surface area contributed by atoms with E-state index in [0.29, 0.717) is 17.0 Å². The molecule has 26 heavy (non-hydrogen) atoms. The van der Waals surface area contributed by atoms with E-state index in [0.717, 1.165) is 5.56 Å². The highest BCUT2D eigenvalue weighted by molar-refractivity contribution is 6.00. The molecule has 0 aromatic heterocycles. The van der Waals surface area contributed by atoms with Crippen molar-refractivity contribution in [2.24, 2.45) is 5.10 Å². The molecule has 0 saturated carbocycles. The summed E-state index contributed by atoms with van der Waals surface area (Å²) < 4.78 is 10.3. The first kappa shape index (κ1) is 18.9. The molecule has 0 saturated heterocycles. The molecule has 2 rings (SSSR count). The van der Waals surface area contributed by atoms with Crippen molar-refractivity contribution in [2.45, 2.75) is 13.8 Å². The Morgan fingerprint density at radius 2 is 2.04 bits per heavy atom. The van der Waals surface area contributed by atoms with Gasteiger partial charge < -0.3 is 9.47 Å². The van der Waals surface area contributed by atoms with Gasteiger partial charge in [-0.25, -0.2) is 5.43 Å². The van der Waals surface area contributed by atoms with E-state index in [1.807, 2.05) is 25.1 Å². The van der Waals surface area contributed by atoms with Crippen molar-refractivity contribution in [2.75, 3.05) is 13.7 Å². The molecule has 136 valence electrons. The molecule has 1 amide bonds. The summed E-state index contributed by atoms with van der Waals surface area (Å²) in [6, 6.07) is 11.8. The van der Waals surface area contributed by atoms with Crippen molar-refractivity contribution in [1.82, 2.24) is 5.43 Å². The van der Waals surface area contributed by atoms with Gasteiger partial charge in [0.15, 0.2) is 12.4 Å². The third-order valence-corrected chi connectivity index (χ3v) is 3.50. The van der Waals surface area contributed by atoms with Crippen LogP contribution >= 0.6 is 0 Å². The zero-order valence-electron chi connectivity index (χ0n) is 14.7. The number of amides is 1. The second-order valence-corrected chi connectivity index (χ2v) is 5.48. The van der Waals surface area contributed by atoms with Gasteiger partial charge in [-0.2, -0.15) is 5.10 Å². The molecule has 8 heteroatoms. The summed E-state index contributed by atoms with van der Waals surface area (Å²) in [4.78, 5) is 22.4. The monoisotopic (exact) mass is 357 g/mol. The Balaban J connectivity index is 2.00. The third kappa shape index (κ3) is 5.04. The number of hydrazone groups is 1. The van der Waals surface area contributed by atoms with E-state index in [2.05, 4.69) is 10.5 Å². The highest BCUT2D eigenvalue weighted by atomic mass is 16.6. The number of nitrogens with zero attached hydrogens (tertiary/aromatic N) is 2. The Bertz CT molecular complexity index is 848. The number of nitro benzene ring substituents is 1. The Hall–Kier alpha value is -3.42. The predicted molar refractivity (Wildman–Crippen MR) is 96.7 cm³/mol. The fourth-order valence-corrected chi connectivity index (χ4v) is 2.15. The van der Waals surface area contributed by atoms with Crippen LogP contribution in [0.2, 0.25) is 0 Å². The Morgan fingerprint density at radius 3 is 2.69 bits per heavy atom. The molecule has 0 bridgehead atoms. The van der Waals surface area contributed by atoms with Gasteiger partial charge in [0.2, 0.25) is 0 Å². The molecule has 8 nitrogen and oxygen atoms in total. The van der Waals surface area contributed by atoms with Gasteiger partial charge in [0.1, 0.15) is 5.75 Å². The molecule has 0 radical (unpaired) electrons. The van der Waals surface area contributed by atoms with Crippen molar-refractivity contribution in [1.29, 1.82) is 0 Å². The van der Waals surface area contributed by atoms with Gasteiger partial charge in [-0.3, -0.25) is 14.9 Å². The smallest absolute Gasteiger partial charge is 0.311 e. The van der Waals surface area contributed by atoms with E-state index < -0.39 is 10.8 Å². The lowest BCUT2D eigenvalue weighted by atomic mass is 10.1. The average molecular weight is 357 g/mol. The van der Waals surface area contributed by atoms with E-state index in [1.165, 1.54) is 19.2 Å². The van der Waals surface area contributed by atoms with Crippen LogP contribution in [0.1, 0.15) is 18.1 Å². The number of hydrogen-bond acceptors (Lipinski definition) is 6. The zero-order chi connectivity index (χ0) is 19.1. The summed E-state index contributed by atoms with van der Waals surface area (Å²) in [5.74, 6) is 0.308. The standard InChI is InChI=1S/C18H19N3O5/c1-12-5-4-6-15(9-12)26-11-18(22)20-19-13(2)14-7-8-17(25-3)16(10-14)21(23)24/h4-10H,11H2,1-3H3,(H,20,22)/b19-13+. The number of carbonyl (C=O) groups is 1. The zero-order valence-corrected chi connectivity index (χ0v) is 14.7. The van der Waals surface area contributed by atoms with Gasteiger partial charge in [0.25, 0.3) is 5.91 Å². The van der Waals surface area contributed by atoms with E-state index in [9.17, 15) is 14.9 Å². The first-order valence-electron chi connectivity index (χ1n) is 7.76. The number of ether oxygens (including phenoxy) is 2. The van der Waals surface area contributed by atoms with Gasteiger partial charge >= 0.3 is 5.69 Å². The Kier molecular flexibility index (Phi) is 6.26. The molecule has 0 heterocycles. The number of aryl methyl sites for hydroxylation is 1. The van der Waals surface area contributed by atoms with Gasteiger partial charge in [-0.05, 0) is 43.7 Å². The summed E-state index contributed by atoms with van der Waals surface area (Å²) in [7, 11) is 1.36. The quantitative estimate of drug-likeness (QED) is 0.466. The number of methoxy groups -OCH3 is 1. The highest BCUT2D eigenvalue weighted by Gasteiger charge is 2.16. The van der Waals surface area contributed by atoms with Crippen LogP contribution in [0.3, 0.4) is 0 Å². The molecule has 1 N–H and O–H groups in total. The van der Waals surface area contributed by atoms with Crippen LogP contribution < -0.4 is 14.9 Å². The van der Waals surface area contributed by atoms with Crippen molar-refractivity contribution in [3.05, 3.63) is 63.7 Å². The van der Waals surface area contributed by atoms with Crippen LogP contribution in [-0.2, 0) is 4.79 Å². The highest BCUT2D eigenvalue weighted by Crippen LogP contribution is 2.27. The molecule has 0 spiro atoms. The number of nitrogens with one attached hydrogen (secondary N) is 1. The molecule has 0 aliphatic rings. The topological polar surface area (TPSA) is 103 Å². The lowest BCUT2D eigenvalue weighted by Gasteiger charge is -2.07. The van der Waals surface area contributed by atoms with Gasteiger partial charge in [0, 0.05) is 11.6 Å². The van der Waals surface area contributed by atoms with Gasteiger partial charge in [-0.1, -0.05) is 12.1 Å². The average Bonchev–Trinajstić information content (AvgIpc) is 2.63. The number of hydrogen-bond donors (Lipinski definition) is 1. The second-order valence-electron chi connectivity index (χ2n) is 5.48. The lowest BCUT2D eigenvalue weighted by Crippen LogP contribution is -2.25. The van der Waals surface area contributed by atoms with Crippen LogP contribution in [0.15, 0.2) is 47.6 Å². The van der Waals surface area contributed by atoms with Crippen LogP contribution in [-0.4, -0.2) is 30.3 Å². The van der Waals surface area contributed by atoms with E-state index >= 15 is 0 Å². The fraction of sp³-hybridized carbons (Fsp3) is 0.222. The fourth-order valence-electron chi connectivity index (χ4n) is 2.15. The minimum atomic E-state index is -0.538. The lowest BCUT2D eigenvalue weighted by molar-refractivity contribution is -0.385. The first-order valence-corrected chi connectivity index (χ1v) is 7.76. The number of carbonyl (C=O) groups excluding carboxylic acids is 1. The third-order valence-electron chi connectivity index (χ3n) is 3.50. The number of benzene rings is 2. The summed E-state index contributed by atoms with van der Waals surface area (Å²) >= 11 is 0. The van der Waals surface area contributed by atoms with Crippen molar-refractivity contribution >= 4 is 17.3 Å². The summed E-state index contributed by atoms with van der Waals surface area (Å²) in [5.41, 5.74) is 4.13. The maximum Gasteiger partial charge on any atom is 0.311 e. The number of rotatable bonds is 7. The minimum Gasteiger partial charge on any atom is -0.490 e. The van der Waals surface area contributed by atoms with Crippen molar-refractivity contribution in [3.8, 4) is 11.5 Å². The molecule has 0 fully saturated rings. The molecule has 0 aliphatic carbocycles. The maximum absolute atomic E-state index is 11.8. The summed E-state index contributed by atoms with van der Waals surface area (Å²) in [6.45, 7) is 3.37. The van der Waals surface area contributed by atoms with E-state index in [-0.39, 0.29) is 18.0 Å². The molecule has 2 aromatic carbocycles. The Labute approximate surface area is 150 Å². The van der Waals surface area contributed by atoms with Crippen LogP contribution in [0.4, 0.5) is 5.69 Å². The normalized spacial score (nSPS) is 11.0. The summed E-state index contributed by atoms with van der Waals surface area (Å²) in [6.07, 6.45) is 0. The van der Waals surface area contributed by atoms with E-state index in [4.69, 9.17) is 9.47 Å². The van der Waals surface area contributed by atoms with Crippen LogP contribution in [0.25, 0.3) is 0 Å². The first-order chi connectivity index (χ1) is 12.4. The van der Waals surface area contributed by atoms with E-state index in [1.54, 1.807) is 19.1 Å². The second kappa shape index (κ2) is 8.61. The van der Waals surface area contributed by atoms with Crippen molar-refractivity contribution < 1.29 is 19.2 Å². The largest absolute Gasteiger partial charge is 0.490 e. The number of nitro groups is 1. The summed E-state index contributed by atoms with van der Waals surface area (Å²) in [5, 5.41) is 15.0. The van der Waals surface area contributed by atoms with Crippen LogP contribution in [0, 0.1) is 17.0 Å². The van der Waals surface area contributed by atoms with Gasteiger partial charge in [0.05, 0.1) is 17.7 Å².